The molecule has 0 atom stereocenters. The third-order valence-corrected chi connectivity index (χ3v) is 13.6. The van der Waals surface area contributed by atoms with Crippen molar-refractivity contribution in [1.29, 1.82) is 0 Å². The molecule has 0 aliphatic heterocycles. The van der Waals surface area contributed by atoms with Crippen LogP contribution in [0.3, 0.4) is 0 Å². The third-order valence-electron chi connectivity index (χ3n) is 6.58. The fourth-order valence-electron chi connectivity index (χ4n) is 4.41. The van der Waals surface area contributed by atoms with Gasteiger partial charge >= 0.3 is 184 Å². The molecule has 0 heterocycles. The Hall–Kier alpha value is 0.460. The van der Waals surface area contributed by atoms with Gasteiger partial charge in [-0.2, -0.15) is 0 Å². The van der Waals surface area contributed by atoms with Gasteiger partial charge in [-0.05, 0) is 0 Å². The molecule has 0 nitrogen and oxygen atoms in total. The van der Waals surface area contributed by atoms with Crippen molar-refractivity contribution in [2.45, 2.75) is 136 Å². The van der Waals surface area contributed by atoms with Gasteiger partial charge in [-0.1, -0.05) is 0 Å². The van der Waals surface area contributed by atoms with E-state index in [1.807, 2.05) is 0 Å². The molecule has 0 amide bonds. The van der Waals surface area contributed by atoms with Crippen molar-refractivity contribution in [2.75, 3.05) is 18.5 Å². The average Bonchev–Trinajstić information content (AvgIpc) is 2.70. The Morgan fingerprint density at radius 3 is 1.00 bits per heavy atom. The van der Waals surface area contributed by atoms with E-state index in [-0.39, 0.29) is 0 Å². The summed E-state index contributed by atoms with van der Waals surface area (Å²) in [6, 6.07) is 0. The Morgan fingerprint density at radius 1 is 0.500 bits per heavy atom. The molecule has 0 saturated carbocycles. The first kappa shape index (κ1) is 28.5. The van der Waals surface area contributed by atoms with Crippen molar-refractivity contribution >= 4 is 17.2 Å². The minimum absolute atomic E-state index is 1.26. The Morgan fingerprint density at radius 2 is 0.750 bits per heavy atom. The Bertz CT molecular complexity index is 309. The summed E-state index contributed by atoms with van der Waals surface area (Å²) in [4.78, 5) is 0. The zero-order valence-electron chi connectivity index (χ0n) is 20.0. The molecule has 0 spiro atoms. The quantitative estimate of drug-likeness (QED) is 0.118. The third kappa shape index (κ3) is 14.4. The van der Waals surface area contributed by atoms with Crippen LogP contribution in [0, 0.1) is 0 Å². The standard InChI is InChI=1S/C26H54ClP/c1-5-9-12-15-18-21-24-28(27,8-4,25-22-19-16-13-10-6-2)26-23-20-17-14-11-7-3/h8H,4-7,9-26H2,1-3H3. The SMILES string of the molecule is C=CP(Cl)(CCCCCCCC)(CCCCCCCC)CCCCCCCC. The fraction of sp³-hybridized carbons (Fsp3) is 0.923. The molecule has 28 heavy (non-hydrogen) atoms. The average molecular weight is 433 g/mol. The number of unbranched alkanes of at least 4 members (excludes halogenated alkanes) is 15. The van der Waals surface area contributed by atoms with Crippen molar-refractivity contribution < 1.29 is 0 Å². The second-order valence-electron chi connectivity index (χ2n) is 9.33. The van der Waals surface area contributed by atoms with Crippen LogP contribution in [0.1, 0.15) is 136 Å². The molecule has 0 N–H and O–H groups in total. The van der Waals surface area contributed by atoms with Crippen LogP contribution in [0.4, 0.5) is 0 Å². The van der Waals surface area contributed by atoms with Crippen molar-refractivity contribution in [1.82, 2.24) is 0 Å². The van der Waals surface area contributed by atoms with E-state index < -0.39 is 5.96 Å². The van der Waals surface area contributed by atoms with Crippen LogP contribution in [0.2, 0.25) is 0 Å². The summed E-state index contributed by atoms with van der Waals surface area (Å²) < 4.78 is 0. The van der Waals surface area contributed by atoms with E-state index >= 15 is 0 Å². The molecule has 0 unspecified atom stereocenters. The Balaban J connectivity index is 4.53. The van der Waals surface area contributed by atoms with E-state index in [1.54, 1.807) is 0 Å². The van der Waals surface area contributed by atoms with Gasteiger partial charge in [-0.25, -0.2) is 0 Å². The molecule has 0 radical (unpaired) electrons. The monoisotopic (exact) mass is 432 g/mol. The summed E-state index contributed by atoms with van der Waals surface area (Å²) in [6.45, 7) is 11.2. The predicted octanol–water partition coefficient (Wildman–Crippen LogP) is 10.9. The van der Waals surface area contributed by atoms with Crippen molar-refractivity contribution in [3.05, 3.63) is 12.4 Å². The zero-order valence-corrected chi connectivity index (χ0v) is 21.6. The first-order valence-electron chi connectivity index (χ1n) is 12.9. The second-order valence-corrected chi connectivity index (χ2v) is 17.1. The molecule has 0 aromatic heterocycles. The van der Waals surface area contributed by atoms with E-state index in [0.717, 1.165) is 0 Å². The maximum absolute atomic E-state index is 7.61. The number of halogens is 1. The van der Waals surface area contributed by atoms with Crippen LogP contribution >= 0.6 is 17.2 Å². The number of hydrogen-bond acceptors (Lipinski definition) is 0. The van der Waals surface area contributed by atoms with E-state index in [9.17, 15) is 0 Å². The van der Waals surface area contributed by atoms with E-state index in [4.69, 9.17) is 11.2 Å². The molecular weight excluding hydrogens is 379 g/mol. The van der Waals surface area contributed by atoms with Gasteiger partial charge in [0, 0.05) is 0 Å². The number of rotatable bonds is 22. The van der Waals surface area contributed by atoms with E-state index in [1.165, 1.54) is 134 Å². The normalized spacial score (nSPS) is 13.4. The molecule has 0 fully saturated rings. The van der Waals surface area contributed by atoms with Gasteiger partial charge in [0.1, 0.15) is 0 Å². The summed E-state index contributed by atoms with van der Waals surface area (Å²) in [5.41, 5.74) is 0. The van der Waals surface area contributed by atoms with E-state index in [0.29, 0.717) is 0 Å². The Labute approximate surface area is 184 Å². The molecule has 0 aromatic carbocycles. The van der Waals surface area contributed by atoms with Crippen molar-refractivity contribution in [2.24, 2.45) is 0 Å². The molecule has 0 saturated heterocycles. The van der Waals surface area contributed by atoms with Gasteiger partial charge in [0.25, 0.3) is 0 Å². The predicted molar refractivity (Wildman–Crippen MR) is 138 cm³/mol. The van der Waals surface area contributed by atoms with Crippen LogP contribution in [-0.4, -0.2) is 18.5 Å². The summed E-state index contributed by atoms with van der Waals surface area (Å²) in [5.74, 6) is 0.0622. The van der Waals surface area contributed by atoms with Crippen LogP contribution in [0.15, 0.2) is 12.4 Å². The topological polar surface area (TPSA) is 0 Å². The fourth-order valence-corrected chi connectivity index (χ4v) is 9.62. The zero-order chi connectivity index (χ0) is 21.0. The second kappa shape index (κ2) is 18.2. The summed E-state index contributed by atoms with van der Waals surface area (Å²) in [6.07, 6.45) is 28.4. The van der Waals surface area contributed by atoms with Gasteiger partial charge in [0.2, 0.25) is 0 Å². The molecule has 0 aromatic rings. The van der Waals surface area contributed by atoms with Gasteiger partial charge < -0.3 is 0 Å². The van der Waals surface area contributed by atoms with Gasteiger partial charge in [0.15, 0.2) is 0 Å². The number of hydrogen-bond donors (Lipinski definition) is 0. The van der Waals surface area contributed by atoms with Gasteiger partial charge in [-0.3, -0.25) is 0 Å². The van der Waals surface area contributed by atoms with Crippen LogP contribution in [0.25, 0.3) is 0 Å². The van der Waals surface area contributed by atoms with Crippen molar-refractivity contribution in [3.8, 4) is 0 Å². The van der Waals surface area contributed by atoms with Gasteiger partial charge in [0.05, 0.1) is 0 Å². The van der Waals surface area contributed by atoms with Crippen molar-refractivity contribution in [3.63, 3.8) is 0 Å². The maximum atomic E-state index is 7.61. The summed E-state index contributed by atoms with van der Waals surface area (Å²) in [5, 5.41) is 0. The molecule has 0 aliphatic carbocycles. The summed E-state index contributed by atoms with van der Waals surface area (Å²) >= 11 is 7.61. The molecule has 0 rings (SSSR count). The van der Waals surface area contributed by atoms with Gasteiger partial charge in [-0.15, -0.1) is 0 Å². The molecule has 0 bridgehead atoms. The molecule has 170 valence electrons. The molecule has 2 heteroatoms. The first-order chi connectivity index (χ1) is 13.5. The van der Waals surface area contributed by atoms with Crippen LogP contribution in [0.5, 0.6) is 0 Å². The van der Waals surface area contributed by atoms with Crippen LogP contribution in [-0.2, 0) is 0 Å². The molecular formula is C26H54ClP. The Kier molecular flexibility index (Phi) is 18.5. The van der Waals surface area contributed by atoms with E-state index in [2.05, 4.69) is 33.2 Å². The van der Waals surface area contributed by atoms with Crippen LogP contribution < -0.4 is 0 Å². The minimum atomic E-state index is -2.23. The first-order valence-corrected chi connectivity index (χ1v) is 16.7. The molecule has 0 aliphatic rings. The summed E-state index contributed by atoms with van der Waals surface area (Å²) in [7, 11) is 0.